The third kappa shape index (κ3) is 2.92. The van der Waals surface area contributed by atoms with Crippen LogP contribution in [0.5, 0.6) is 0 Å². The Kier molecular flexibility index (Phi) is 3.66. The number of pyridine rings is 1. The molecule has 0 unspecified atom stereocenters. The summed E-state index contributed by atoms with van der Waals surface area (Å²) in [5.74, 6) is -1.80. The fourth-order valence-electron chi connectivity index (χ4n) is 2.08. The van der Waals surface area contributed by atoms with Gasteiger partial charge in [0.25, 0.3) is 5.56 Å². The van der Waals surface area contributed by atoms with Gasteiger partial charge in [-0.15, -0.1) is 11.3 Å². The summed E-state index contributed by atoms with van der Waals surface area (Å²) >= 11 is 1.58. The molecule has 0 spiro atoms. The lowest BCUT2D eigenvalue weighted by molar-refractivity contribution is 0.506. The highest BCUT2D eigenvalue weighted by molar-refractivity contribution is 7.13. The van der Waals surface area contributed by atoms with Gasteiger partial charge in [-0.05, 0) is 35.2 Å². The number of hydrogen-bond acceptors (Lipinski definition) is 2. The number of halogens is 2. The molecule has 0 radical (unpaired) electrons. The lowest BCUT2D eigenvalue weighted by Gasteiger charge is -2.08. The zero-order chi connectivity index (χ0) is 14.8. The Bertz CT molecular complexity index is 825. The van der Waals surface area contributed by atoms with Gasteiger partial charge in [-0.2, -0.15) is 0 Å². The smallest absolute Gasteiger partial charge is 0.250 e. The zero-order valence-electron chi connectivity index (χ0n) is 10.9. The Morgan fingerprint density at radius 3 is 2.62 bits per heavy atom. The molecular weight excluding hydrogens is 292 g/mol. The summed E-state index contributed by atoms with van der Waals surface area (Å²) in [6.45, 7) is 0.204. The number of nitrogens with zero attached hydrogens (tertiary/aromatic N) is 1. The van der Waals surface area contributed by atoms with E-state index in [1.54, 1.807) is 23.6 Å². The van der Waals surface area contributed by atoms with E-state index in [1.807, 2.05) is 17.5 Å². The molecule has 0 aliphatic heterocycles. The van der Waals surface area contributed by atoms with E-state index in [0.717, 1.165) is 22.6 Å². The average molecular weight is 303 g/mol. The van der Waals surface area contributed by atoms with Crippen LogP contribution in [0.4, 0.5) is 8.78 Å². The predicted octanol–water partition coefficient (Wildman–Crippen LogP) is 3.90. The van der Waals surface area contributed by atoms with E-state index >= 15 is 0 Å². The molecule has 0 fully saturated rings. The van der Waals surface area contributed by atoms with E-state index in [1.165, 1.54) is 16.7 Å². The molecule has 0 aliphatic rings. The highest BCUT2D eigenvalue weighted by Crippen LogP contribution is 2.23. The molecule has 1 aromatic carbocycles. The van der Waals surface area contributed by atoms with Gasteiger partial charge in [0.15, 0.2) is 11.6 Å². The summed E-state index contributed by atoms with van der Waals surface area (Å²) in [6.07, 6.45) is 1.73. The third-order valence-corrected chi connectivity index (χ3v) is 4.05. The van der Waals surface area contributed by atoms with E-state index in [9.17, 15) is 13.6 Å². The molecule has 0 amide bonds. The van der Waals surface area contributed by atoms with E-state index in [0.29, 0.717) is 5.56 Å². The number of thiophene rings is 1. The fraction of sp³-hybridized carbons (Fsp3) is 0.0625. The third-order valence-electron chi connectivity index (χ3n) is 3.13. The molecule has 0 saturated heterocycles. The van der Waals surface area contributed by atoms with Crippen LogP contribution in [0.2, 0.25) is 0 Å². The quantitative estimate of drug-likeness (QED) is 0.719. The van der Waals surface area contributed by atoms with Gasteiger partial charge in [-0.25, -0.2) is 8.78 Å². The maximum absolute atomic E-state index is 13.2. The van der Waals surface area contributed by atoms with E-state index in [2.05, 4.69) is 0 Å². The largest absolute Gasteiger partial charge is 0.310 e. The van der Waals surface area contributed by atoms with Crippen molar-refractivity contribution in [1.29, 1.82) is 0 Å². The highest BCUT2D eigenvalue weighted by Gasteiger charge is 2.06. The van der Waals surface area contributed by atoms with Gasteiger partial charge in [0.2, 0.25) is 0 Å². The first-order valence-corrected chi connectivity index (χ1v) is 7.20. The second kappa shape index (κ2) is 5.61. The first-order chi connectivity index (χ1) is 10.1. The van der Waals surface area contributed by atoms with Crippen molar-refractivity contribution < 1.29 is 8.78 Å². The number of aromatic nitrogens is 1. The van der Waals surface area contributed by atoms with Gasteiger partial charge >= 0.3 is 0 Å². The van der Waals surface area contributed by atoms with Crippen molar-refractivity contribution in [2.24, 2.45) is 0 Å². The second-order valence-electron chi connectivity index (χ2n) is 4.61. The standard InChI is InChI=1S/C16H11F2NOS/c17-13-5-3-11(8-14(13)18)9-19-10-12(4-6-16(19)20)15-2-1-7-21-15/h1-8,10H,9H2. The molecule has 2 aromatic heterocycles. The van der Waals surface area contributed by atoms with Crippen LogP contribution >= 0.6 is 11.3 Å². The molecule has 0 bridgehead atoms. The molecule has 2 nitrogen and oxygen atoms in total. The molecule has 0 aliphatic carbocycles. The van der Waals surface area contributed by atoms with Crippen molar-refractivity contribution in [3.8, 4) is 10.4 Å². The Balaban J connectivity index is 1.96. The lowest BCUT2D eigenvalue weighted by atomic mass is 10.2. The van der Waals surface area contributed by atoms with Gasteiger partial charge in [0, 0.05) is 22.7 Å². The predicted molar refractivity (Wildman–Crippen MR) is 79.5 cm³/mol. The second-order valence-corrected chi connectivity index (χ2v) is 5.56. The maximum atomic E-state index is 13.2. The number of benzene rings is 1. The summed E-state index contributed by atoms with van der Waals surface area (Å²) in [6, 6.07) is 10.8. The summed E-state index contributed by atoms with van der Waals surface area (Å²) in [5.41, 5.74) is 1.28. The summed E-state index contributed by atoms with van der Waals surface area (Å²) in [7, 11) is 0. The topological polar surface area (TPSA) is 22.0 Å². The van der Waals surface area contributed by atoms with Crippen LogP contribution in [-0.4, -0.2) is 4.57 Å². The Morgan fingerprint density at radius 1 is 1.05 bits per heavy atom. The van der Waals surface area contributed by atoms with E-state index < -0.39 is 11.6 Å². The zero-order valence-corrected chi connectivity index (χ0v) is 11.7. The number of rotatable bonds is 3. The molecule has 2 heterocycles. The molecule has 3 aromatic rings. The normalized spacial score (nSPS) is 10.8. The van der Waals surface area contributed by atoms with Crippen LogP contribution in [0.25, 0.3) is 10.4 Å². The van der Waals surface area contributed by atoms with Crippen molar-refractivity contribution in [2.45, 2.75) is 6.54 Å². The maximum Gasteiger partial charge on any atom is 0.250 e. The monoisotopic (exact) mass is 303 g/mol. The fourth-order valence-corrected chi connectivity index (χ4v) is 2.80. The first-order valence-electron chi connectivity index (χ1n) is 6.32. The van der Waals surface area contributed by atoms with E-state index in [-0.39, 0.29) is 12.1 Å². The van der Waals surface area contributed by atoms with Crippen molar-refractivity contribution in [1.82, 2.24) is 4.57 Å². The van der Waals surface area contributed by atoms with Crippen LogP contribution < -0.4 is 5.56 Å². The van der Waals surface area contributed by atoms with Crippen LogP contribution in [0.1, 0.15) is 5.56 Å². The van der Waals surface area contributed by atoms with E-state index in [4.69, 9.17) is 0 Å². The van der Waals surface area contributed by atoms with Crippen molar-refractivity contribution >= 4 is 11.3 Å². The van der Waals surface area contributed by atoms with Crippen molar-refractivity contribution in [3.63, 3.8) is 0 Å². The van der Waals surface area contributed by atoms with Crippen LogP contribution in [-0.2, 0) is 6.54 Å². The molecule has 3 rings (SSSR count). The van der Waals surface area contributed by atoms with Gasteiger partial charge in [-0.3, -0.25) is 4.79 Å². The summed E-state index contributed by atoms with van der Waals surface area (Å²) < 4.78 is 27.6. The van der Waals surface area contributed by atoms with Crippen LogP contribution in [0.15, 0.2) is 58.8 Å². The Hall–Kier alpha value is -2.27. The molecule has 0 atom stereocenters. The van der Waals surface area contributed by atoms with Crippen molar-refractivity contribution in [2.75, 3.05) is 0 Å². The number of hydrogen-bond donors (Lipinski definition) is 0. The SMILES string of the molecule is O=c1ccc(-c2cccs2)cn1Cc1ccc(F)c(F)c1. The molecular formula is C16H11F2NOS. The van der Waals surface area contributed by atoms with Crippen LogP contribution in [0, 0.1) is 11.6 Å². The van der Waals surface area contributed by atoms with Gasteiger partial charge in [0.1, 0.15) is 0 Å². The Morgan fingerprint density at radius 2 is 1.90 bits per heavy atom. The summed E-state index contributed by atoms with van der Waals surface area (Å²) in [4.78, 5) is 12.9. The molecule has 0 N–H and O–H groups in total. The minimum Gasteiger partial charge on any atom is -0.310 e. The Labute approximate surface area is 123 Å². The van der Waals surface area contributed by atoms with Crippen molar-refractivity contribution in [3.05, 3.63) is 81.6 Å². The summed E-state index contributed by atoms with van der Waals surface area (Å²) in [5, 5.41) is 1.96. The average Bonchev–Trinajstić information content (AvgIpc) is 2.99. The minimum atomic E-state index is -0.907. The van der Waals surface area contributed by atoms with Gasteiger partial charge in [0.05, 0.1) is 6.54 Å². The molecule has 106 valence electrons. The first kappa shape index (κ1) is 13.7. The molecule has 5 heteroatoms. The van der Waals surface area contributed by atoms with Gasteiger partial charge in [-0.1, -0.05) is 12.1 Å². The minimum absolute atomic E-state index is 0.181. The van der Waals surface area contributed by atoms with Crippen LogP contribution in [0.3, 0.4) is 0 Å². The van der Waals surface area contributed by atoms with Gasteiger partial charge < -0.3 is 4.57 Å². The molecule has 21 heavy (non-hydrogen) atoms. The highest BCUT2D eigenvalue weighted by atomic mass is 32.1. The lowest BCUT2D eigenvalue weighted by Crippen LogP contribution is -2.19. The molecule has 0 saturated carbocycles.